The number of benzene rings is 1. The van der Waals surface area contributed by atoms with Gasteiger partial charge in [-0.2, -0.15) is 0 Å². The van der Waals surface area contributed by atoms with Gasteiger partial charge < -0.3 is 11.1 Å². The molecule has 0 aliphatic heterocycles. The first-order valence-electron chi connectivity index (χ1n) is 6.27. The number of nitrogens with one attached hydrogen (secondary N) is 1. The predicted molar refractivity (Wildman–Crippen MR) is 70.6 cm³/mol. The van der Waals surface area contributed by atoms with Gasteiger partial charge in [0.1, 0.15) is 0 Å². The number of hydrogen-bond acceptors (Lipinski definition) is 2. The molecule has 0 saturated carbocycles. The van der Waals surface area contributed by atoms with E-state index in [1.165, 1.54) is 0 Å². The van der Waals surface area contributed by atoms with Gasteiger partial charge in [0, 0.05) is 6.04 Å². The van der Waals surface area contributed by atoms with E-state index in [9.17, 15) is 4.79 Å². The molecule has 1 amide bonds. The molecule has 3 heteroatoms. The molecule has 1 atom stereocenters. The quantitative estimate of drug-likeness (QED) is 0.789. The molecule has 1 rings (SSSR count). The maximum atomic E-state index is 11.8. The standard InChI is InChI=1S/C14H22N2O/c1-3-12(4-2)16-14(17)13(15)10-11-8-6-5-7-9-11/h5-9,12-13H,3-4,10,15H2,1-2H3,(H,16,17). The molecular weight excluding hydrogens is 212 g/mol. The number of carbonyl (C=O) groups is 1. The molecule has 0 aromatic heterocycles. The predicted octanol–water partition coefficient (Wildman–Crippen LogP) is 1.86. The number of carbonyl (C=O) groups excluding carboxylic acids is 1. The fourth-order valence-electron chi connectivity index (χ4n) is 1.76. The van der Waals surface area contributed by atoms with E-state index in [1.54, 1.807) is 0 Å². The summed E-state index contributed by atoms with van der Waals surface area (Å²) in [4.78, 5) is 11.8. The summed E-state index contributed by atoms with van der Waals surface area (Å²) >= 11 is 0. The van der Waals surface area contributed by atoms with Gasteiger partial charge in [0.05, 0.1) is 6.04 Å². The van der Waals surface area contributed by atoms with Gasteiger partial charge in [0.25, 0.3) is 0 Å². The van der Waals surface area contributed by atoms with Crippen LogP contribution in [0.5, 0.6) is 0 Å². The van der Waals surface area contributed by atoms with Gasteiger partial charge in [0.2, 0.25) is 5.91 Å². The molecule has 0 fully saturated rings. The van der Waals surface area contributed by atoms with Gasteiger partial charge in [0.15, 0.2) is 0 Å². The molecule has 1 aromatic carbocycles. The minimum Gasteiger partial charge on any atom is -0.352 e. The van der Waals surface area contributed by atoms with Crippen LogP contribution in [0.25, 0.3) is 0 Å². The Morgan fingerprint density at radius 3 is 2.35 bits per heavy atom. The van der Waals surface area contributed by atoms with Crippen molar-refractivity contribution in [3.05, 3.63) is 35.9 Å². The van der Waals surface area contributed by atoms with Crippen molar-refractivity contribution in [2.24, 2.45) is 5.73 Å². The van der Waals surface area contributed by atoms with Crippen LogP contribution in [0.3, 0.4) is 0 Å². The molecule has 3 N–H and O–H groups in total. The van der Waals surface area contributed by atoms with Crippen LogP contribution in [0.15, 0.2) is 30.3 Å². The summed E-state index contributed by atoms with van der Waals surface area (Å²) in [6, 6.07) is 9.64. The number of amides is 1. The van der Waals surface area contributed by atoms with Crippen LogP contribution in [0.2, 0.25) is 0 Å². The lowest BCUT2D eigenvalue weighted by atomic mass is 10.1. The van der Waals surface area contributed by atoms with Crippen molar-refractivity contribution in [2.45, 2.75) is 45.2 Å². The molecule has 0 radical (unpaired) electrons. The second-order valence-corrected chi connectivity index (χ2v) is 4.32. The van der Waals surface area contributed by atoms with E-state index in [4.69, 9.17) is 5.73 Å². The van der Waals surface area contributed by atoms with Crippen molar-refractivity contribution in [3.8, 4) is 0 Å². The minimum absolute atomic E-state index is 0.0532. The summed E-state index contributed by atoms with van der Waals surface area (Å²) in [5.74, 6) is -0.0532. The molecule has 0 bridgehead atoms. The Morgan fingerprint density at radius 1 is 1.24 bits per heavy atom. The van der Waals surface area contributed by atoms with Crippen molar-refractivity contribution in [3.63, 3.8) is 0 Å². The van der Waals surface area contributed by atoms with Crippen LogP contribution in [0, 0.1) is 0 Å². The highest BCUT2D eigenvalue weighted by atomic mass is 16.2. The maximum absolute atomic E-state index is 11.8. The topological polar surface area (TPSA) is 55.1 Å². The molecule has 0 saturated heterocycles. The maximum Gasteiger partial charge on any atom is 0.237 e. The second kappa shape index (κ2) is 7.07. The van der Waals surface area contributed by atoms with E-state index < -0.39 is 6.04 Å². The van der Waals surface area contributed by atoms with E-state index in [2.05, 4.69) is 19.2 Å². The normalized spacial score (nSPS) is 12.5. The zero-order chi connectivity index (χ0) is 12.7. The third-order valence-corrected chi connectivity index (χ3v) is 2.97. The first-order valence-corrected chi connectivity index (χ1v) is 6.27. The van der Waals surface area contributed by atoms with Gasteiger partial charge in [-0.05, 0) is 24.8 Å². The molecule has 94 valence electrons. The average molecular weight is 234 g/mol. The van der Waals surface area contributed by atoms with Crippen LogP contribution >= 0.6 is 0 Å². The molecule has 0 heterocycles. The molecule has 3 nitrogen and oxygen atoms in total. The first-order chi connectivity index (χ1) is 8.17. The fourth-order valence-corrected chi connectivity index (χ4v) is 1.76. The van der Waals surface area contributed by atoms with Crippen LogP contribution < -0.4 is 11.1 Å². The summed E-state index contributed by atoms with van der Waals surface area (Å²) < 4.78 is 0. The molecule has 1 aromatic rings. The van der Waals surface area contributed by atoms with E-state index in [0.29, 0.717) is 6.42 Å². The molecule has 17 heavy (non-hydrogen) atoms. The molecule has 0 aliphatic carbocycles. The minimum atomic E-state index is -0.460. The Bertz CT molecular complexity index is 333. The summed E-state index contributed by atoms with van der Waals surface area (Å²) in [7, 11) is 0. The Morgan fingerprint density at radius 2 is 1.82 bits per heavy atom. The van der Waals surface area contributed by atoms with E-state index in [0.717, 1.165) is 18.4 Å². The zero-order valence-corrected chi connectivity index (χ0v) is 10.6. The number of rotatable bonds is 6. The van der Waals surface area contributed by atoms with Crippen molar-refractivity contribution in [1.82, 2.24) is 5.32 Å². The molecule has 0 aliphatic rings. The van der Waals surface area contributed by atoms with Crippen LogP contribution in [0.4, 0.5) is 0 Å². The lowest BCUT2D eigenvalue weighted by molar-refractivity contribution is -0.123. The van der Waals surface area contributed by atoms with Gasteiger partial charge >= 0.3 is 0 Å². The highest BCUT2D eigenvalue weighted by molar-refractivity contribution is 5.82. The zero-order valence-electron chi connectivity index (χ0n) is 10.6. The lowest BCUT2D eigenvalue weighted by Crippen LogP contribution is -2.46. The summed E-state index contributed by atoms with van der Waals surface area (Å²) in [5.41, 5.74) is 6.99. The van der Waals surface area contributed by atoms with Gasteiger partial charge in [-0.25, -0.2) is 0 Å². The first kappa shape index (κ1) is 13.7. The van der Waals surface area contributed by atoms with Gasteiger partial charge in [-0.15, -0.1) is 0 Å². The summed E-state index contributed by atoms with van der Waals surface area (Å²) in [6.45, 7) is 4.13. The Balaban J connectivity index is 2.47. The number of nitrogens with two attached hydrogens (primary N) is 1. The fraction of sp³-hybridized carbons (Fsp3) is 0.500. The third kappa shape index (κ3) is 4.57. The summed E-state index contributed by atoms with van der Waals surface area (Å²) in [5, 5.41) is 2.97. The highest BCUT2D eigenvalue weighted by Gasteiger charge is 2.16. The Labute approximate surface area is 103 Å². The van der Waals surface area contributed by atoms with Crippen LogP contribution in [-0.2, 0) is 11.2 Å². The second-order valence-electron chi connectivity index (χ2n) is 4.32. The van der Waals surface area contributed by atoms with Crippen LogP contribution in [0.1, 0.15) is 32.3 Å². The number of hydrogen-bond donors (Lipinski definition) is 2. The van der Waals surface area contributed by atoms with Gasteiger partial charge in [-0.1, -0.05) is 44.2 Å². The smallest absolute Gasteiger partial charge is 0.237 e. The largest absolute Gasteiger partial charge is 0.352 e. The van der Waals surface area contributed by atoms with Crippen molar-refractivity contribution in [2.75, 3.05) is 0 Å². The van der Waals surface area contributed by atoms with E-state index in [1.807, 2.05) is 30.3 Å². The van der Waals surface area contributed by atoms with E-state index in [-0.39, 0.29) is 11.9 Å². The third-order valence-electron chi connectivity index (χ3n) is 2.97. The Kier molecular flexibility index (Phi) is 5.70. The SMILES string of the molecule is CCC(CC)NC(=O)C(N)Cc1ccccc1. The van der Waals surface area contributed by atoms with E-state index >= 15 is 0 Å². The molecule has 1 unspecified atom stereocenters. The monoisotopic (exact) mass is 234 g/mol. The lowest BCUT2D eigenvalue weighted by Gasteiger charge is -2.18. The highest BCUT2D eigenvalue weighted by Crippen LogP contribution is 2.03. The van der Waals surface area contributed by atoms with Crippen molar-refractivity contribution < 1.29 is 4.79 Å². The average Bonchev–Trinajstić information content (AvgIpc) is 2.36. The van der Waals surface area contributed by atoms with Crippen LogP contribution in [-0.4, -0.2) is 18.0 Å². The molecule has 0 spiro atoms. The Hall–Kier alpha value is -1.35. The van der Waals surface area contributed by atoms with Gasteiger partial charge in [-0.3, -0.25) is 4.79 Å². The van der Waals surface area contributed by atoms with Crippen molar-refractivity contribution >= 4 is 5.91 Å². The van der Waals surface area contributed by atoms with Crippen molar-refractivity contribution in [1.29, 1.82) is 0 Å². The molecular formula is C14H22N2O. The summed E-state index contributed by atoms with van der Waals surface area (Å²) in [6.07, 6.45) is 2.48.